The summed E-state index contributed by atoms with van der Waals surface area (Å²) in [5.74, 6) is -0.595. The van der Waals surface area contributed by atoms with Crippen molar-refractivity contribution in [2.75, 3.05) is 19.6 Å². The number of rotatable bonds is 5. The van der Waals surface area contributed by atoms with Crippen LogP contribution in [0.5, 0.6) is 0 Å². The lowest BCUT2D eigenvalue weighted by atomic mass is 9.81. The van der Waals surface area contributed by atoms with E-state index in [1.165, 1.54) is 18.2 Å². The zero-order chi connectivity index (χ0) is 14.6. The van der Waals surface area contributed by atoms with Gasteiger partial charge in [-0.05, 0) is 49.0 Å². The van der Waals surface area contributed by atoms with Gasteiger partial charge in [-0.2, -0.15) is 0 Å². The van der Waals surface area contributed by atoms with E-state index in [1.807, 2.05) is 0 Å². The highest BCUT2D eigenvalue weighted by Crippen LogP contribution is 2.27. The van der Waals surface area contributed by atoms with Crippen molar-refractivity contribution in [2.45, 2.75) is 25.5 Å². The van der Waals surface area contributed by atoms with Gasteiger partial charge in [0.1, 0.15) is 5.82 Å². The minimum Gasteiger partial charge on any atom is -0.317 e. The number of nitrogens with one attached hydrogen (secondary N) is 2. The van der Waals surface area contributed by atoms with Crippen molar-refractivity contribution in [2.24, 2.45) is 5.41 Å². The van der Waals surface area contributed by atoms with Gasteiger partial charge in [-0.3, -0.25) is 0 Å². The Morgan fingerprint density at radius 2 is 2.05 bits per heavy atom. The van der Waals surface area contributed by atoms with Gasteiger partial charge in [-0.25, -0.2) is 17.5 Å². The molecule has 0 spiro atoms. The van der Waals surface area contributed by atoms with Gasteiger partial charge in [0.15, 0.2) is 0 Å². The van der Waals surface area contributed by atoms with Crippen LogP contribution in [0.3, 0.4) is 0 Å². The molecule has 0 saturated carbocycles. The van der Waals surface area contributed by atoms with E-state index in [9.17, 15) is 12.8 Å². The fourth-order valence-corrected chi connectivity index (χ4v) is 3.68. The topological polar surface area (TPSA) is 58.2 Å². The molecule has 1 heterocycles. The first-order valence-electron chi connectivity index (χ1n) is 6.81. The van der Waals surface area contributed by atoms with E-state index in [1.54, 1.807) is 6.07 Å². The monoisotopic (exact) mass is 300 g/mol. The van der Waals surface area contributed by atoms with E-state index < -0.39 is 15.8 Å². The summed E-state index contributed by atoms with van der Waals surface area (Å²) in [6.45, 7) is 4.37. The van der Waals surface area contributed by atoms with Crippen LogP contribution in [0.1, 0.15) is 25.3 Å². The Balaban J connectivity index is 1.94. The van der Waals surface area contributed by atoms with Gasteiger partial charge in [0.25, 0.3) is 0 Å². The van der Waals surface area contributed by atoms with Crippen LogP contribution in [-0.2, 0) is 15.8 Å². The summed E-state index contributed by atoms with van der Waals surface area (Å²) in [5, 5.41) is 3.26. The molecule has 6 heteroatoms. The summed E-state index contributed by atoms with van der Waals surface area (Å²) in [6, 6.07) is 5.70. The standard InChI is InChI=1S/C14H21FN2O2S/c1-14(5-7-16-8-6-14)11-17-20(18,19)10-12-3-2-4-13(15)9-12/h2-4,9,16-17H,5-8,10-11H2,1H3. The Morgan fingerprint density at radius 1 is 1.35 bits per heavy atom. The van der Waals surface area contributed by atoms with Crippen molar-refractivity contribution < 1.29 is 12.8 Å². The molecule has 4 nitrogen and oxygen atoms in total. The van der Waals surface area contributed by atoms with Crippen LogP contribution in [0.4, 0.5) is 4.39 Å². The molecule has 1 aromatic carbocycles. The second-order valence-corrected chi connectivity index (χ2v) is 7.58. The summed E-state index contributed by atoms with van der Waals surface area (Å²) in [7, 11) is -3.43. The average Bonchev–Trinajstić information content (AvgIpc) is 2.37. The lowest BCUT2D eigenvalue weighted by molar-refractivity contribution is 0.232. The second-order valence-electron chi connectivity index (χ2n) is 5.77. The number of hydrogen-bond acceptors (Lipinski definition) is 3. The van der Waals surface area contributed by atoms with Crippen molar-refractivity contribution in [3.05, 3.63) is 35.6 Å². The Morgan fingerprint density at radius 3 is 2.70 bits per heavy atom. The first-order chi connectivity index (χ1) is 9.39. The molecule has 0 bridgehead atoms. The third-order valence-corrected chi connectivity index (χ3v) is 5.07. The van der Waals surface area contributed by atoms with Crippen LogP contribution in [-0.4, -0.2) is 28.1 Å². The van der Waals surface area contributed by atoms with Gasteiger partial charge in [-0.1, -0.05) is 19.1 Å². The van der Waals surface area contributed by atoms with Crippen LogP contribution < -0.4 is 10.0 Å². The number of halogens is 1. The highest BCUT2D eigenvalue weighted by molar-refractivity contribution is 7.88. The molecule has 0 unspecified atom stereocenters. The molecule has 20 heavy (non-hydrogen) atoms. The van der Waals surface area contributed by atoms with Crippen LogP contribution in [0.15, 0.2) is 24.3 Å². The summed E-state index contributed by atoms with van der Waals surface area (Å²) >= 11 is 0. The quantitative estimate of drug-likeness (QED) is 0.869. The number of piperidine rings is 1. The van der Waals surface area contributed by atoms with Crippen LogP contribution in [0.25, 0.3) is 0 Å². The SMILES string of the molecule is CC1(CNS(=O)(=O)Cc2cccc(F)c2)CCNCC1. The molecule has 0 atom stereocenters. The molecule has 2 rings (SSSR count). The normalized spacial score (nSPS) is 18.9. The van der Waals surface area contributed by atoms with Crippen molar-refractivity contribution in [1.29, 1.82) is 0 Å². The fourth-order valence-electron chi connectivity index (χ4n) is 2.39. The van der Waals surface area contributed by atoms with Gasteiger partial charge in [0.2, 0.25) is 10.0 Å². The molecule has 0 amide bonds. The molecule has 0 aliphatic carbocycles. The van der Waals surface area contributed by atoms with Gasteiger partial charge >= 0.3 is 0 Å². The summed E-state index contributed by atoms with van der Waals surface area (Å²) in [6.07, 6.45) is 1.91. The molecule has 1 saturated heterocycles. The Hall–Kier alpha value is -0.980. The smallest absolute Gasteiger partial charge is 0.215 e. The first-order valence-corrected chi connectivity index (χ1v) is 8.46. The van der Waals surface area contributed by atoms with Crippen molar-refractivity contribution >= 4 is 10.0 Å². The number of hydrogen-bond donors (Lipinski definition) is 2. The van der Waals surface area contributed by atoms with Gasteiger partial charge in [0.05, 0.1) is 5.75 Å². The molecular formula is C14H21FN2O2S. The maximum atomic E-state index is 13.1. The summed E-state index contributed by atoms with van der Waals surface area (Å²) in [5.41, 5.74) is 0.466. The van der Waals surface area contributed by atoms with Crippen LogP contribution >= 0.6 is 0 Å². The minimum absolute atomic E-state index is 0.000256. The number of benzene rings is 1. The third kappa shape index (κ3) is 4.54. The fraction of sp³-hybridized carbons (Fsp3) is 0.571. The van der Waals surface area contributed by atoms with Crippen molar-refractivity contribution in [1.82, 2.24) is 10.0 Å². The molecular weight excluding hydrogens is 279 g/mol. The first kappa shape index (κ1) is 15.4. The predicted molar refractivity (Wildman–Crippen MR) is 77.2 cm³/mol. The number of sulfonamides is 1. The molecule has 2 N–H and O–H groups in total. The minimum atomic E-state index is -3.43. The molecule has 1 aliphatic rings. The molecule has 1 aliphatic heterocycles. The van der Waals surface area contributed by atoms with E-state index in [-0.39, 0.29) is 11.2 Å². The lowest BCUT2D eigenvalue weighted by Gasteiger charge is -2.34. The zero-order valence-electron chi connectivity index (χ0n) is 11.7. The van der Waals surface area contributed by atoms with E-state index in [2.05, 4.69) is 17.0 Å². The van der Waals surface area contributed by atoms with E-state index in [4.69, 9.17) is 0 Å². The van der Waals surface area contributed by atoms with E-state index in [0.717, 1.165) is 25.9 Å². The Bertz CT molecular complexity index is 554. The highest BCUT2D eigenvalue weighted by Gasteiger charge is 2.28. The molecule has 1 aromatic rings. The maximum absolute atomic E-state index is 13.1. The molecule has 1 fully saturated rings. The van der Waals surface area contributed by atoms with Gasteiger partial charge in [0, 0.05) is 6.54 Å². The maximum Gasteiger partial charge on any atom is 0.215 e. The molecule has 0 radical (unpaired) electrons. The predicted octanol–water partition coefficient (Wildman–Crippen LogP) is 1.63. The average molecular weight is 300 g/mol. The van der Waals surface area contributed by atoms with Gasteiger partial charge < -0.3 is 5.32 Å². The summed E-state index contributed by atoms with van der Waals surface area (Å²) < 4.78 is 39.8. The van der Waals surface area contributed by atoms with Crippen LogP contribution in [0.2, 0.25) is 0 Å². The largest absolute Gasteiger partial charge is 0.317 e. The Kier molecular flexibility index (Phi) is 4.78. The Labute approximate surface area is 119 Å². The second kappa shape index (κ2) is 6.20. The van der Waals surface area contributed by atoms with Crippen LogP contribution in [0, 0.1) is 11.2 Å². The van der Waals surface area contributed by atoms with Gasteiger partial charge in [-0.15, -0.1) is 0 Å². The summed E-state index contributed by atoms with van der Waals surface area (Å²) in [4.78, 5) is 0. The zero-order valence-corrected chi connectivity index (χ0v) is 12.5. The molecule has 112 valence electrons. The van der Waals surface area contributed by atoms with E-state index >= 15 is 0 Å². The van der Waals surface area contributed by atoms with E-state index in [0.29, 0.717) is 12.1 Å². The lowest BCUT2D eigenvalue weighted by Crippen LogP contribution is -2.43. The third-order valence-electron chi connectivity index (χ3n) is 3.78. The van der Waals surface area contributed by atoms with Crippen molar-refractivity contribution in [3.8, 4) is 0 Å². The highest BCUT2D eigenvalue weighted by atomic mass is 32.2. The van der Waals surface area contributed by atoms with Crippen molar-refractivity contribution in [3.63, 3.8) is 0 Å². The molecule has 0 aromatic heterocycles.